The van der Waals surface area contributed by atoms with Crippen molar-refractivity contribution in [3.63, 3.8) is 0 Å². The molecule has 3 rings (SSSR count). The second kappa shape index (κ2) is 7.29. The van der Waals surface area contributed by atoms with Crippen LogP contribution in [0.4, 0.5) is 0 Å². The molecule has 0 aliphatic heterocycles. The molecule has 0 aliphatic rings. The number of aromatic nitrogens is 4. The van der Waals surface area contributed by atoms with Gasteiger partial charge in [-0.05, 0) is 24.0 Å². The predicted octanol–water partition coefficient (Wildman–Crippen LogP) is 3.68. The van der Waals surface area contributed by atoms with Crippen molar-refractivity contribution < 1.29 is 0 Å². The number of hydrogen-bond acceptors (Lipinski definition) is 6. The summed E-state index contributed by atoms with van der Waals surface area (Å²) in [5.41, 5.74) is 3.42. The maximum Gasteiger partial charge on any atom is 0.113 e. The van der Waals surface area contributed by atoms with Crippen LogP contribution in [0.5, 0.6) is 0 Å². The van der Waals surface area contributed by atoms with E-state index in [1.807, 2.05) is 39.8 Å². The summed E-state index contributed by atoms with van der Waals surface area (Å²) in [5, 5.41) is 11.7. The van der Waals surface area contributed by atoms with Crippen molar-refractivity contribution in [2.24, 2.45) is 0 Å². The van der Waals surface area contributed by atoms with E-state index in [9.17, 15) is 0 Å². The zero-order chi connectivity index (χ0) is 14.5. The molecule has 0 fully saturated rings. The van der Waals surface area contributed by atoms with Crippen molar-refractivity contribution >= 4 is 45.9 Å². The van der Waals surface area contributed by atoms with Gasteiger partial charge in [0, 0.05) is 28.8 Å². The quantitative estimate of drug-likeness (QED) is 0.616. The summed E-state index contributed by atoms with van der Waals surface area (Å²) < 4.78 is 1.99. The number of thioether (sulfide) groups is 2. The molecular formula is C14H16N4S3. The maximum atomic E-state index is 4.29. The molecule has 7 heteroatoms. The van der Waals surface area contributed by atoms with E-state index in [1.54, 1.807) is 11.3 Å². The first-order valence-electron chi connectivity index (χ1n) is 6.64. The molecule has 0 saturated heterocycles. The van der Waals surface area contributed by atoms with Crippen LogP contribution < -0.4 is 0 Å². The highest BCUT2D eigenvalue weighted by molar-refractivity contribution is 7.98. The first kappa shape index (κ1) is 14.9. The molecule has 0 bridgehead atoms. The standard InChI is InChI=1S/C14H16N4S3/c1-19-9-11-2-3-13-12(8-11)16-17-18(13)5-7-20-10-14-15-4-6-21-14/h2-4,6,8H,5,7,9-10H2,1H3. The van der Waals surface area contributed by atoms with E-state index >= 15 is 0 Å². The van der Waals surface area contributed by atoms with Gasteiger partial charge in [-0.2, -0.15) is 23.5 Å². The third kappa shape index (κ3) is 3.78. The second-order valence-electron chi connectivity index (χ2n) is 4.55. The predicted molar refractivity (Wildman–Crippen MR) is 93.0 cm³/mol. The van der Waals surface area contributed by atoms with Gasteiger partial charge in [0.2, 0.25) is 0 Å². The number of thiazole rings is 1. The number of hydrogen-bond donors (Lipinski definition) is 0. The van der Waals surface area contributed by atoms with Crippen LogP contribution in [0.3, 0.4) is 0 Å². The number of benzene rings is 1. The highest BCUT2D eigenvalue weighted by Crippen LogP contribution is 2.18. The monoisotopic (exact) mass is 336 g/mol. The van der Waals surface area contributed by atoms with Crippen LogP contribution in [0, 0.1) is 0 Å². The van der Waals surface area contributed by atoms with Crippen molar-refractivity contribution in [1.29, 1.82) is 0 Å². The van der Waals surface area contributed by atoms with E-state index in [2.05, 4.69) is 39.8 Å². The number of rotatable bonds is 7. The fourth-order valence-electron chi connectivity index (χ4n) is 2.07. The molecule has 0 amide bonds. The Morgan fingerprint density at radius 1 is 1.29 bits per heavy atom. The fraction of sp³-hybridized carbons (Fsp3) is 0.357. The minimum atomic E-state index is 0.883. The minimum Gasteiger partial charge on any atom is -0.249 e. The molecule has 110 valence electrons. The lowest BCUT2D eigenvalue weighted by Crippen LogP contribution is -2.02. The Morgan fingerprint density at radius 2 is 2.24 bits per heavy atom. The summed E-state index contributed by atoms with van der Waals surface area (Å²) in [6.07, 6.45) is 3.97. The zero-order valence-corrected chi connectivity index (χ0v) is 14.2. The van der Waals surface area contributed by atoms with Gasteiger partial charge in [0.05, 0.1) is 12.1 Å². The molecule has 4 nitrogen and oxygen atoms in total. The van der Waals surface area contributed by atoms with Crippen LogP contribution in [0.25, 0.3) is 11.0 Å². The SMILES string of the molecule is CSCc1ccc2c(c1)nnn2CCSCc1nccs1. The molecule has 0 unspecified atom stereocenters. The number of fused-ring (bicyclic) bond motifs is 1. The highest BCUT2D eigenvalue weighted by Gasteiger charge is 2.05. The molecule has 21 heavy (non-hydrogen) atoms. The van der Waals surface area contributed by atoms with Crippen molar-refractivity contribution in [3.8, 4) is 0 Å². The summed E-state index contributed by atoms with van der Waals surface area (Å²) in [6.45, 7) is 0.883. The molecular weight excluding hydrogens is 320 g/mol. The molecule has 0 saturated carbocycles. The van der Waals surface area contributed by atoms with Crippen LogP contribution >= 0.6 is 34.9 Å². The zero-order valence-electron chi connectivity index (χ0n) is 11.7. The van der Waals surface area contributed by atoms with Gasteiger partial charge in [0.1, 0.15) is 10.5 Å². The average Bonchev–Trinajstić information content (AvgIpc) is 3.13. The lowest BCUT2D eigenvalue weighted by atomic mass is 10.2. The van der Waals surface area contributed by atoms with Gasteiger partial charge < -0.3 is 0 Å². The van der Waals surface area contributed by atoms with Gasteiger partial charge >= 0.3 is 0 Å². The first-order valence-corrected chi connectivity index (χ1v) is 10.1. The average molecular weight is 337 g/mol. The molecule has 0 radical (unpaired) electrons. The van der Waals surface area contributed by atoms with E-state index in [0.717, 1.165) is 34.8 Å². The van der Waals surface area contributed by atoms with Gasteiger partial charge in [-0.1, -0.05) is 11.3 Å². The molecule has 0 aliphatic carbocycles. The van der Waals surface area contributed by atoms with E-state index in [1.165, 1.54) is 10.6 Å². The van der Waals surface area contributed by atoms with E-state index in [4.69, 9.17) is 0 Å². The summed E-state index contributed by atoms with van der Waals surface area (Å²) in [5.74, 6) is 3.01. The lowest BCUT2D eigenvalue weighted by molar-refractivity contribution is 0.652. The Hall–Kier alpha value is -1.05. The maximum absolute atomic E-state index is 4.29. The summed E-state index contributed by atoms with van der Waals surface area (Å²) >= 11 is 5.42. The van der Waals surface area contributed by atoms with E-state index < -0.39 is 0 Å². The van der Waals surface area contributed by atoms with E-state index in [-0.39, 0.29) is 0 Å². The largest absolute Gasteiger partial charge is 0.249 e. The highest BCUT2D eigenvalue weighted by atomic mass is 32.2. The molecule has 0 N–H and O–H groups in total. The Labute approximate surface area is 136 Å². The van der Waals surface area contributed by atoms with Crippen LogP contribution in [0.1, 0.15) is 10.6 Å². The summed E-state index contributed by atoms with van der Waals surface area (Å²) in [4.78, 5) is 4.29. The molecule has 0 atom stereocenters. The summed E-state index contributed by atoms with van der Waals surface area (Å²) in [6, 6.07) is 6.44. The molecule has 2 heterocycles. The first-order chi connectivity index (χ1) is 10.4. The number of nitrogens with zero attached hydrogens (tertiary/aromatic N) is 4. The Bertz CT molecular complexity index is 693. The van der Waals surface area contributed by atoms with Crippen LogP contribution in [0.15, 0.2) is 29.8 Å². The normalized spacial score (nSPS) is 11.3. The summed E-state index contributed by atoms with van der Waals surface area (Å²) in [7, 11) is 0. The Balaban J connectivity index is 1.59. The van der Waals surface area contributed by atoms with Gasteiger partial charge in [0.15, 0.2) is 0 Å². The lowest BCUT2D eigenvalue weighted by Gasteiger charge is -2.02. The van der Waals surface area contributed by atoms with Crippen LogP contribution in [0.2, 0.25) is 0 Å². The molecule has 2 aromatic heterocycles. The van der Waals surface area contributed by atoms with Crippen LogP contribution in [-0.2, 0) is 18.1 Å². The van der Waals surface area contributed by atoms with Gasteiger partial charge in [-0.25, -0.2) is 9.67 Å². The topological polar surface area (TPSA) is 43.6 Å². The van der Waals surface area contributed by atoms with Crippen LogP contribution in [-0.4, -0.2) is 32.0 Å². The Kier molecular flexibility index (Phi) is 5.16. The van der Waals surface area contributed by atoms with Gasteiger partial charge in [-0.15, -0.1) is 16.4 Å². The smallest absolute Gasteiger partial charge is 0.113 e. The third-order valence-electron chi connectivity index (χ3n) is 3.05. The Morgan fingerprint density at radius 3 is 3.05 bits per heavy atom. The van der Waals surface area contributed by atoms with Crippen molar-refractivity contribution in [2.75, 3.05) is 12.0 Å². The van der Waals surface area contributed by atoms with E-state index in [0.29, 0.717) is 0 Å². The van der Waals surface area contributed by atoms with Gasteiger partial charge in [0.25, 0.3) is 0 Å². The number of aryl methyl sites for hydroxylation is 1. The molecule has 3 aromatic rings. The van der Waals surface area contributed by atoms with Crippen molar-refractivity contribution in [3.05, 3.63) is 40.3 Å². The third-order valence-corrected chi connectivity index (χ3v) is 5.58. The van der Waals surface area contributed by atoms with Crippen molar-refractivity contribution in [2.45, 2.75) is 18.1 Å². The second-order valence-corrected chi connectivity index (χ2v) is 7.50. The fourth-order valence-corrected chi connectivity index (χ4v) is 4.21. The van der Waals surface area contributed by atoms with Gasteiger partial charge in [-0.3, -0.25) is 0 Å². The van der Waals surface area contributed by atoms with Crippen molar-refractivity contribution in [1.82, 2.24) is 20.0 Å². The molecule has 0 spiro atoms. The molecule has 1 aromatic carbocycles. The minimum absolute atomic E-state index is 0.883.